The van der Waals surface area contributed by atoms with Crippen LogP contribution in [0.2, 0.25) is 0 Å². The molecule has 1 spiro atoms. The van der Waals surface area contributed by atoms with Crippen LogP contribution in [0.5, 0.6) is 5.75 Å². The van der Waals surface area contributed by atoms with Crippen molar-refractivity contribution in [2.24, 2.45) is 12.5 Å². The summed E-state index contributed by atoms with van der Waals surface area (Å²) >= 11 is 3.74. The highest BCUT2D eigenvalue weighted by molar-refractivity contribution is 9.10. The van der Waals surface area contributed by atoms with Crippen LogP contribution in [-0.2, 0) is 16.5 Å². The molecular formula is C27H32BrN3O4. The molecule has 1 saturated heterocycles. The fourth-order valence-electron chi connectivity index (χ4n) is 5.47. The zero-order valence-corrected chi connectivity index (χ0v) is 22.5. The third-order valence-corrected chi connectivity index (χ3v) is 7.50. The van der Waals surface area contributed by atoms with Crippen molar-refractivity contribution in [3.63, 3.8) is 0 Å². The second kappa shape index (κ2) is 8.82. The van der Waals surface area contributed by atoms with Gasteiger partial charge in [-0.15, -0.1) is 0 Å². The lowest BCUT2D eigenvalue weighted by Crippen LogP contribution is -2.63. The average Bonchev–Trinajstić information content (AvgIpc) is 3.02. The number of amides is 1. The Balaban J connectivity index is 1.36. The molecule has 1 aromatic heterocycles. The first-order valence-corrected chi connectivity index (χ1v) is 12.7. The number of likely N-dealkylation sites (tertiary alicyclic amines) is 1. The van der Waals surface area contributed by atoms with Crippen LogP contribution in [0.15, 0.2) is 41.0 Å². The first-order valence-electron chi connectivity index (χ1n) is 11.9. The molecule has 2 aromatic carbocycles. The Kier molecular flexibility index (Phi) is 6.08. The number of fused-ring (bicyclic) bond motifs is 1. The highest BCUT2D eigenvalue weighted by Crippen LogP contribution is 2.56. The van der Waals surface area contributed by atoms with Gasteiger partial charge >= 0.3 is 6.09 Å². The van der Waals surface area contributed by atoms with E-state index in [2.05, 4.69) is 51.8 Å². The predicted octanol–water partition coefficient (Wildman–Crippen LogP) is 6.10. The molecule has 186 valence electrons. The Bertz CT molecular complexity index is 1270. The Morgan fingerprint density at radius 1 is 1.20 bits per heavy atom. The molecule has 0 atom stereocenters. The summed E-state index contributed by atoms with van der Waals surface area (Å²) in [5, 5.41) is 2.25. The van der Waals surface area contributed by atoms with E-state index in [1.54, 1.807) is 7.11 Å². The summed E-state index contributed by atoms with van der Waals surface area (Å²) in [6.07, 6.45) is 1.85. The monoisotopic (exact) mass is 541 g/mol. The number of ether oxygens (including phenoxy) is 3. The van der Waals surface area contributed by atoms with Gasteiger partial charge in [-0.1, -0.05) is 24.3 Å². The molecule has 0 bridgehead atoms. The number of aromatic nitrogens is 2. The van der Waals surface area contributed by atoms with Crippen molar-refractivity contribution in [3.8, 4) is 17.0 Å². The highest BCUT2D eigenvalue weighted by Gasteiger charge is 2.55. The molecule has 2 aliphatic rings. The molecule has 2 heterocycles. The summed E-state index contributed by atoms with van der Waals surface area (Å²) in [5.41, 5.74) is 1.83. The zero-order chi connectivity index (χ0) is 25.0. The van der Waals surface area contributed by atoms with Crippen molar-refractivity contribution < 1.29 is 19.0 Å². The Labute approximate surface area is 214 Å². The standard InChI is InChI=1S/C27H32BrN3O4/c1-26(2,3)35-25(32)31-14-27(15-31)12-18(13-27)24-29-23(28)22(30(24)4)21-11-19(34-16-33-5)10-17-8-6-7-9-20(17)21/h6-11,18H,12-16H2,1-5H3. The summed E-state index contributed by atoms with van der Waals surface area (Å²) in [7, 11) is 3.70. The summed E-state index contributed by atoms with van der Waals surface area (Å²) < 4.78 is 19.4. The molecule has 8 heteroatoms. The summed E-state index contributed by atoms with van der Waals surface area (Å²) in [4.78, 5) is 19.1. The summed E-state index contributed by atoms with van der Waals surface area (Å²) in [6.45, 7) is 7.43. The molecule has 1 aliphatic heterocycles. The second-order valence-electron chi connectivity index (χ2n) is 10.9. The van der Waals surface area contributed by atoms with Crippen molar-refractivity contribution >= 4 is 32.8 Å². The van der Waals surface area contributed by atoms with Crippen molar-refractivity contribution in [3.05, 3.63) is 46.8 Å². The van der Waals surface area contributed by atoms with Crippen LogP contribution in [-0.4, -0.2) is 53.1 Å². The van der Waals surface area contributed by atoms with Crippen LogP contribution in [0.4, 0.5) is 4.79 Å². The van der Waals surface area contributed by atoms with Gasteiger partial charge in [0.25, 0.3) is 0 Å². The van der Waals surface area contributed by atoms with E-state index in [9.17, 15) is 4.79 Å². The molecule has 1 saturated carbocycles. The molecule has 1 aliphatic carbocycles. The lowest BCUT2D eigenvalue weighted by Gasteiger charge is -2.58. The minimum atomic E-state index is -0.465. The van der Waals surface area contributed by atoms with E-state index in [-0.39, 0.29) is 18.3 Å². The SMILES string of the molecule is COCOc1cc(-c2c(Br)nc(C3CC4(C3)CN(C(=O)OC(C)(C)C)C4)n2C)c2ccccc2c1. The summed E-state index contributed by atoms with van der Waals surface area (Å²) in [6, 6.07) is 12.4. The van der Waals surface area contributed by atoms with E-state index < -0.39 is 5.60 Å². The lowest BCUT2D eigenvalue weighted by molar-refractivity contribution is -0.0801. The van der Waals surface area contributed by atoms with Crippen LogP contribution in [0.3, 0.4) is 0 Å². The molecule has 0 N–H and O–H groups in total. The molecule has 7 nitrogen and oxygen atoms in total. The number of methoxy groups -OCH3 is 1. The lowest BCUT2D eigenvalue weighted by atomic mass is 9.57. The minimum Gasteiger partial charge on any atom is -0.468 e. The number of hydrogen-bond acceptors (Lipinski definition) is 5. The van der Waals surface area contributed by atoms with Gasteiger partial charge in [-0.2, -0.15) is 0 Å². The van der Waals surface area contributed by atoms with E-state index in [1.807, 2.05) is 37.8 Å². The Morgan fingerprint density at radius 2 is 1.91 bits per heavy atom. The van der Waals surface area contributed by atoms with Crippen LogP contribution < -0.4 is 4.74 Å². The van der Waals surface area contributed by atoms with E-state index in [4.69, 9.17) is 19.2 Å². The van der Waals surface area contributed by atoms with Gasteiger partial charge in [-0.3, -0.25) is 0 Å². The maximum absolute atomic E-state index is 12.3. The number of nitrogens with zero attached hydrogens (tertiary/aromatic N) is 3. The van der Waals surface area contributed by atoms with Crippen molar-refractivity contribution in [1.29, 1.82) is 0 Å². The highest BCUT2D eigenvalue weighted by atomic mass is 79.9. The molecular weight excluding hydrogens is 510 g/mol. The number of benzene rings is 2. The normalized spacial score (nSPS) is 17.4. The molecule has 2 fully saturated rings. The zero-order valence-electron chi connectivity index (χ0n) is 20.9. The van der Waals surface area contributed by atoms with E-state index in [0.29, 0.717) is 5.92 Å². The molecule has 1 amide bonds. The van der Waals surface area contributed by atoms with Gasteiger partial charge in [-0.05, 0) is 72.4 Å². The second-order valence-corrected chi connectivity index (χ2v) is 11.6. The minimum absolute atomic E-state index is 0.195. The first-order chi connectivity index (χ1) is 16.6. The molecule has 5 rings (SSSR count). The fourth-order valence-corrected chi connectivity index (χ4v) is 6.13. The molecule has 35 heavy (non-hydrogen) atoms. The van der Waals surface area contributed by atoms with Crippen molar-refractivity contribution in [2.45, 2.75) is 45.1 Å². The van der Waals surface area contributed by atoms with Gasteiger partial charge in [0.05, 0.1) is 5.69 Å². The van der Waals surface area contributed by atoms with Crippen LogP contribution in [0.1, 0.15) is 45.4 Å². The smallest absolute Gasteiger partial charge is 0.410 e. The third kappa shape index (κ3) is 4.54. The number of carbonyl (C=O) groups excluding carboxylic acids is 1. The number of carbonyl (C=O) groups is 1. The van der Waals surface area contributed by atoms with Crippen molar-refractivity contribution in [2.75, 3.05) is 27.0 Å². The molecule has 0 unspecified atom stereocenters. The Hall–Kier alpha value is -2.58. The number of imidazole rings is 1. The van der Waals surface area contributed by atoms with Crippen LogP contribution in [0.25, 0.3) is 22.0 Å². The van der Waals surface area contributed by atoms with Gasteiger partial charge in [0.2, 0.25) is 0 Å². The van der Waals surface area contributed by atoms with E-state index in [1.165, 1.54) is 0 Å². The fraction of sp³-hybridized carbons (Fsp3) is 0.481. The average molecular weight is 542 g/mol. The number of halogens is 1. The predicted molar refractivity (Wildman–Crippen MR) is 139 cm³/mol. The van der Waals surface area contributed by atoms with Crippen molar-refractivity contribution in [1.82, 2.24) is 14.5 Å². The van der Waals surface area contributed by atoms with Gasteiger partial charge in [-0.25, -0.2) is 9.78 Å². The molecule has 3 aromatic rings. The topological polar surface area (TPSA) is 65.8 Å². The van der Waals surface area contributed by atoms with E-state index in [0.717, 1.165) is 64.1 Å². The number of rotatable bonds is 5. The van der Waals surface area contributed by atoms with E-state index >= 15 is 0 Å². The number of hydrogen-bond donors (Lipinski definition) is 0. The van der Waals surface area contributed by atoms with Gasteiger partial charge in [0.15, 0.2) is 6.79 Å². The molecule has 0 radical (unpaired) electrons. The van der Waals surface area contributed by atoms with Gasteiger partial charge in [0.1, 0.15) is 21.8 Å². The quantitative estimate of drug-likeness (QED) is 0.365. The third-order valence-electron chi connectivity index (χ3n) is 6.95. The van der Waals surface area contributed by atoms with Crippen LogP contribution >= 0.6 is 15.9 Å². The maximum atomic E-state index is 12.3. The Morgan fingerprint density at radius 3 is 2.60 bits per heavy atom. The van der Waals surface area contributed by atoms with Gasteiger partial charge in [0, 0.05) is 44.1 Å². The first kappa shape index (κ1) is 24.1. The van der Waals surface area contributed by atoms with Crippen LogP contribution in [0, 0.1) is 5.41 Å². The summed E-state index contributed by atoms with van der Waals surface area (Å²) in [5.74, 6) is 2.19. The maximum Gasteiger partial charge on any atom is 0.410 e. The van der Waals surface area contributed by atoms with Gasteiger partial charge < -0.3 is 23.7 Å². The largest absolute Gasteiger partial charge is 0.468 e.